The fourth-order valence-corrected chi connectivity index (χ4v) is 2.36. The summed E-state index contributed by atoms with van der Waals surface area (Å²) in [5.74, 6) is 0.992. The maximum Gasteiger partial charge on any atom is 0.129 e. The molecule has 1 fully saturated rings. The lowest BCUT2D eigenvalue weighted by Crippen LogP contribution is -2.39. The van der Waals surface area contributed by atoms with Crippen LogP contribution in [0, 0.1) is 0 Å². The van der Waals surface area contributed by atoms with Gasteiger partial charge < -0.3 is 19.7 Å². The molecule has 118 valence electrons. The number of rotatable bonds is 10. The summed E-state index contributed by atoms with van der Waals surface area (Å²) in [4.78, 5) is 6.77. The molecule has 1 N–H and O–H groups in total. The first kappa shape index (κ1) is 16.2. The SMILES string of the molecule is COCCN(c1cc(CNC2CC2)ccn1)C(C)COC. The molecule has 2 rings (SSSR count). The van der Waals surface area contributed by atoms with E-state index in [-0.39, 0.29) is 6.04 Å². The second-order valence-corrected chi connectivity index (χ2v) is 5.67. The maximum atomic E-state index is 5.28. The molecule has 21 heavy (non-hydrogen) atoms. The van der Waals surface area contributed by atoms with Crippen LogP contribution in [0.25, 0.3) is 0 Å². The van der Waals surface area contributed by atoms with Gasteiger partial charge in [-0.25, -0.2) is 4.98 Å². The molecule has 5 nitrogen and oxygen atoms in total. The number of hydrogen-bond acceptors (Lipinski definition) is 5. The molecule has 0 spiro atoms. The van der Waals surface area contributed by atoms with E-state index >= 15 is 0 Å². The lowest BCUT2D eigenvalue weighted by atomic mass is 10.2. The van der Waals surface area contributed by atoms with Crippen molar-refractivity contribution in [2.75, 3.05) is 38.9 Å². The quantitative estimate of drug-likeness (QED) is 0.713. The number of hydrogen-bond donors (Lipinski definition) is 1. The van der Waals surface area contributed by atoms with Gasteiger partial charge in [-0.3, -0.25) is 0 Å². The van der Waals surface area contributed by atoms with Crippen molar-refractivity contribution in [2.45, 2.75) is 38.4 Å². The van der Waals surface area contributed by atoms with Gasteiger partial charge in [0.1, 0.15) is 5.82 Å². The first-order chi connectivity index (χ1) is 10.2. The summed E-state index contributed by atoms with van der Waals surface area (Å²) in [6, 6.07) is 5.23. The Morgan fingerprint density at radius 2 is 2.19 bits per heavy atom. The molecule has 1 aromatic rings. The van der Waals surface area contributed by atoms with E-state index in [4.69, 9.17) is 9.47 Å². The van der Waals surface area contributed by atoms with Crippen LogP contribution in [0.1, 0.15) is 25.3 Å². The van der Waals surface area contributed by atoms with Gasteiger partial charge >= 0.3 is 0 Å². The summed E-state index contributed by atoms with van der Waals surface area (Å²) >= 11 is 0. The third-order valence-corrected chi connectivity index (χ3v) is 3.75. The largest absolute Gasteiger partial charge is 0.383 e. The van der Waals surface area contributed by atoms with E-state index in [0.29, 0.717) is 13.2 Å². The second-order valence-electron chi connectivity index (χ2n) is 5.67. The minimum absolute atomic E-state index is 0.268. The summed E-state index contributed by atoms with van der Waals surface area (Å²) in [5, 5.41) is 3.54. The van der Waals surface area contributed by atoms with Gasteiger partial charge in [-0.2, -0.15) is 0 Å². The van der Waals surface area contributed by atoms with Crippen LogP contribution in [0.3, 0.4) is 0 Å². The normalized spacial score (nSPS) is 16.0. The summed E-state index contributed by atoms with van der Waals surface area (Å²) in [6.45, 7) is 5.23. The van der Waals surface area contributed by atoms with E-state index in [1.54, 1.807) is 14.2 Å². The van der Waals surface area contributed by atoms with Crippen LogP contribution >= 0.6 is 0 Å². The van der Waals surface area contributed by atoms with Gasteiger partial charge in [0.05, 0.1) is 19.3 Å². The first-order valence-electron chi connectivity index (χ1n) is 7.67. The third kappa shape index (κ3) is 5.26. The van der Waals surface area contributed by atoms with Crippen molar-refractivity contribution in [3.63, 3.8) is 0 Å². The van der Waals surface area contributed by atoms with Gasteiger partial charge in [0, 0.05) is 39.5 Å². The Morgan fingerprint density at radius 3 is 2.86 bits per heavy atom. The number of methoxy groups -OCH3 is 2. The molecule has 1 atom stereocenters. The summed E-state index contributed by atoms with van der Waals surface area (Å²) < 4.78 is 10.5. The van der Waals surface area contributed by atoms with Crippen LogP contribution < -0.4 is 10.2 Å². The molecular weight excluding hydrogens is 266 g/mol. The summed E-state index contributed by atoms with van der Waals surface area (Å²) in [6.07, 6.45) is 4.50. The van der Waals surface area contributed by atoms with Crippen LogP contribution in [0.4, 0.5) is 5.82 Å². The molecule has 5 heteroatoms. The molecule has 0 amide bonds. The van der Waals surface area contributed by atoms with E-state index in [1.165, 1.54) is 18.4 Å². The zero-order chi connectivity index (χ0) is 15.1. The fourth-order valence-electron chi connectivity index (χ4n) is 2.36. The van der Waals surface area contributed by atoms with Crippen molar-refractivity contribution in [3.8, 4) is 0 Å². The van der Waals surface area contributed by atoms with Crippen molar-refractivity contribution in [3.05, 3.63) is 23.9 Å². The monoisotopic (exact) mass is 293 g/mol. The Labute approximate surface area is 127 Å². The predicted octanol–water partition coefficient (Wildman–Crippen LogP) is 1.82. The van der Waals surface area contributed by atoms with E-state index in [9.17, 15) is 0 Å². The minimum atomic E-state index is 0.268. The van der Waals surface area contributed by atoms with E-state index < -0.39 is 0 Å². The maximum absolute atomic E-state index is 5.28. The second kappa shape index (κ2) is 8.32. The molecule has 0 saturated heterocycles. The highest BCUT2D eigenvalue weighted by Gasteiger charge is 2.20. The molecule has 1 aliphatic carbocycles. The van der Waals surface area contributed by atoms with Crippen molar-refractivity contribution >= 4 is 5.82 Å². The first-order valence-corrected chi connectivity index (χ1v) is 7.67. The smallest absolute Gasteiger partial charge is 0.129 e. The molecule has 1 heterocycles. The zero-order valence-corrected chi connectivity index (χ0v) is 13.3. The van der Waals surface area contributed by atoms with Gasteiger partial charge in [0.25, 0.3) is 0 Å². The van der Waals surface area contributed by atoms with Gasteiger partial charge in [-0.15, -0.1) is 0 Å². The van der Waals surface area contributed by atoms with Gasteiger partial charge in [-0.05, 0) is 37.5 Å². The van der Waals surface area contributed by atoms with Gasteiger partial charge in [0.2, 0.25) is 0 Å². The standard InChI is InChI=1S/C16H27N3O2/c1-13(12-21-3)19(8-9-20-2)16-10-14(6-7-17-16)11-18-15-4-5-15/h6-7,10,13,15,18H,4-5,8-9,11-12H2,1-3H3. The molecule has 0 radical (unpaired) electrons. The number of nitrogens with zero attached hydrogens (tertiary/aromatic N) is 2. The number of ether oxygens (including phenoxy) is 2. The lowest BCUT2D eigenvalue weighted by Gasteiger charge is -2.30. The number of nitrogens with one attached hydrogen (secondary N) is 1. The minimum Gasteiger partial charge on any atom is -0.383 e. The lowest BCUT2D eigenvalue weighted by molar-refractivity contribution is 0.170. The topological polar surface area (TPSA) is 46.6 Å². The Balaban J connectivity index is 2.03. The van der Waals surface area contributed by atoms with E-state index in [2.05, 4.69) is 34.3 Å². The van der Waals surface area contributed by atoms with Crippen molar-refractivity contribution in [1.82, 2.24) is 10.3 Å². The molecule has 1 aliphatic rings. The zero-order valence-electron chi connectivity index (χ0n) is 13.3. The molecule has 0 aromatic carbocycles. The van der Waals surface area contributed by atoms with Crippen molar-refractivity contribution in [1.29, 1.82) is 0 Å². The van der Waals surface area contributed by atoms with Crippen LogP contribution in [0.2, 0.25) is 0 Å². The number of aromatic nitrogens is 1. The molecule has 0 aliphatic heterocycles. The Kier molecular flexibility index (Phi) is 6.42. The van der Waals surface area contributed by atoms with Crippen molar-refractivity contribution in [2.24, 2.45) is 0 Å². The van der Waals surface area contributed by atoms with Gasteiger partial charge in [-0.1, -0.05) is 0 Å². The predicted molar refractivity (Wildman–Crippen MR) is 84.7 cm³/mol. The third-order valence-electron chi connectivity index (χ3n) is 3.75. The average molecular weight is 293 g/mol. The van der Waals surface area contributed by atoms with Crippen LogP contribution in [-0.2, 0) is 16.0 Å². The molecular formula is C16H27N3O2. The highest BCUT2D eigenvalue weighted by molar-refractivity contribution is 5.42. The van der Waals surface area contributed by atoms with Crippen LogP contribution in [0.15, 0.2) is 18.3 Å². The molecule has 0 bridgehead atoms. The van der Waals surface area contributed by atoms with E-state index in [1.807, 2.05) is 6.20 Å². The van der Waals surface area contributed by atoms with E-state index in [0.717, 1.165) is 24.9 Å². The fraction of sp³-hybridized carbons (Fsp3) is 0.688. The summed E-state index contributed by atoms with van der Waals surface area (Å²) in [5.41, 5.74) is 1.28. The van der Waals surface area contributed by atoms with Crippen LogP contribution in [0.5, 0.6) is 0 Å². The highest BCUT2D eigenvalue weighted by Crippen LogP contribution is 2.20. The summed E-state index contributed by atoms with van der Waals surface area (Å²) in [7, 11) is 3.46. The molecule has 1 unspecified atom stereocenters. The Morgan fingerprint density at radius 1 is 1.38 bits per heavy atom. The van der Waals surface area contributed by atoms with Gasteiger partial charge in [0.15, 0.2) is 0 Å². The van der Waals surface area contributed by atoms with Crippen LogP contribution in [-0.4, -0.2) is 51.0 Å². The number of pyridine rings is 1. The molecule has 1 saturated carbocycles. The Bertz CT molecular complexity index is 424. The highest BCUT2D eigenvalue weighted by atomic mass is 16.5. The number of anilines is 1. The molecule has 1 aromatic heterocycles. The van der Waals surface area contributed by atoms with Crippen molar-refractivity contribution < 1.29 is 9.47 Å². The average Bonchev–Trinajstić information content (AvgIpc) is 3.31. The Hall–Kier alpha value is -1.17.